The Hall–Kier alpha value is -2.04. The maximum atomic E-state index is 5.83. The first-order chi connectivity index (χ1) is 8.31. The van der Waals surface area contributed by atoms with Gasteiger partial charge in [0.15, 0.2) is 0 Å². The normalized spacial score (nSPS) is 14.8. The summed E-state index contributed by atoms with van der Waals surface area (Å²) in [7, 11) is 0. The van der Waals surface area contributed by atoms with E-state index >= 15 is 0 Å². The Bertz CT molecular complexity index is 501. The molecule has 0 radical (unpaired) electrons. The summed E-state index contributed by atoms with van der Waals surface area (Å²) >= 11 is 0. The van der Waals surface area contributed by atoms with Gasteiger partial charge in [-0.2, -0.15) is 4.98 Å². The molecule has 1 aromatic carbocycles. The first-order valence-corrected chi connectivity index (χ1v) is 5.82. The second-order valence-electron chi connectivity index (χ2n) is 4.36. The Morgan fingerprint density at radius 3 is 2.76 bits per heavy atom. The van der Waals surface area contributed by atoms with Crippen LogP contribution in [0.4, 0.5) is 11.9 Å². The summed E-state index contributed by atoms with van der Waals surface area (Å²) in [5.41, 5.74) is 7.00. The van der Waals surface area contributed by atoms with E-state index in [1.807, 2.05) is 18.2 Å². The van der Waals surface area contributed by atoms with Crippen LogP contribution >= 0.6 is 0 Å². The van der Waals surface area contributed by atoms with Crippen molar-refractivity contribution in [1.29, 1.82) is 0 Å². The van der Waals surface area contributed by atoms with Gasteiger partial charge in [0.1, 0.15) is 0 Å². The monoisotopic (exact) mass is 229 g/mol. The van der Waals surface area contributed by atoms with Crippen LogP contribution in [-0.2, 0) is 6.54 Å². The number of nitrogens with zero attached hydrogens (tertiary/aromatic N) is 3. The van der Waals surface area contributed by atoms with Crippen molar-refractivity contribution in [3.05, 3.63) is 35.9 Å². The van der Waals surface area contributed by atoms with Gasteiger partial charge < -0.3 is 11.1 Å². The molecule has 0 bridgehead atoms. The average Bonchev–Trinajstić information content (AvgIpc) is 3.07. The molecule has 3 N–H and O–H groups in total. The van der Waals surface area contributed by atoms with E-state index in [2.05, 4.69) is 27.5 Å². The number of hydrogen-bond acceptors (Lipinski definition) is 4. The number of benzene rings is 1. The Kier molecular flexibility index (Phi) is 2.44. The van der Waals surface area contributed by atoms with Crippen LogP contribution in [0.1, 0.15) is 18.4 Å². The molecular weight excluding hydrogens is 214 g/mol. The summed E-state index contributed by atoms with van der Waals surface area (Å²) in [5, 5.41) is 7.59. The standard InChI is InChI=1S/C12H15N5/c13-11-15-12(14-10-6-7-10)16-17(11)8-9-4-2-1-3-5-9/h1-5,10H,6-8H2,(H3,13,14,15,16). The largest absolute Gasteiger partial charge is 0.368 e. The molecule has 5 heteroatoms. The lowest BCUT2D eigenvalue weighted by atomic mass is 10.2. The van der Waals surface area contributed by atoms with Crippen molar-refractivity contribution in [2.45, 2.75) is 25.4 Å². The Labute approximate surface area is 99.7 Å². The van der Waals surface area contributed by atoms with Gasteiger partial charge in [0.25, 0.3) is 0 Å². The number of anilines is 2. The molecule has 0 spiro atoms. The van der Waals surface area contributed by atoms with Crippen LogP contribution < -0.4 is 11.1 Å². The highest BCUT2D eigenvalue weighted by Gasteiger charge is 2.22. The van der Waals surface area contributed by atoms with Crippen LogP contribution in [0.3, 0.4) is 0 Å². The van der Waals surface area contributed by atoms with Gasteiger partial charge in [0, 0.05) is 6.04 Å². The van der Waals surface area contributed by atoms with Crippen molar-refractivity contribution >= 4 is 11.9 Å². The van der Waals surface area contributed by atoms with Gasteiger partial charge in [-0.05, 0) is 18.4 Å². The first-order valence-electron chi connectivity index (χ1n) is 5.82. The third-order valence-corrected chi connectivity index (χ3v) is 2.79. The summed E-state index contributed by atoms with van der Waals surface area (Å²) in [6.45, 7) is 0.659. The maximum absolute atomic E-state index is 5.83. The van der Waals surface area contributed by atoms with E-state index in [9.17, 15) is 0 Å². The Balaban J connectivity index is 1.75. The van der Waals surface area contributed by atoms with E-state index in [-0.39, 0.29) is 0 Å². The Morgan fingerprint density at radius 1 is 1.29 bits per heavy atom. The molecule has 0 amide bonds. The maximum Gasteiger partial charge on any atom is 0.244 e. The number of nitrogen functional groups attached to an aromatic ring is 1. The zero-order valence-electron chi connectivity index (χ0n) is 9.50. The zero-order valence-corrected chi connectivity index (χ0v) is 9.50. The van der Waals surface area contributed by atoms with Gasteiger partial charge in [-0.25, -0.2) is 4.68 Å². The van der Waals surface area contributed by atoms with Gasteiger partial charge in [-0.1, -0.05) is 30.3 Å². The van der Waals surface area contributed by atoms with Crippen molar-refractivity contribution < 1.29 is 0 Å². The molecule has 1 fully saturated rings. The fourth-order valence-electron chi connectivity index (χ4n) is 1.70. The van der Waals surface area contributed by atoms with E-state index < -0.39 is 0 Å². The second kappa shape index (κ2) is 4.08. The quantitative estimate of drug-likeness (QED) is 0.833. The predicted molar refractivity (Wildman–Crippen MR) is 66.6 cm³/mol. The highest BCUT2D eigenvalue weighted by atomic mass is 15.4. The lowest BCUT2D eigenvalue weighted by Gasteiger charge is -2.02. The van der Waals surface area contributed by atoms with Crippen molar-refractivity contribution in [2.24, 2.45) is 0 Å². The highest BCUT2D eigenvalue weighted by molar-refractivity contribution is 5.34. The zero-order chi connectivity index (χ0) is 11.7. The molecule has 1 aliphatic rings. The van der Waals surface area contributed by atoms with Crippen LogP contribution in [0.15, 0.2) is 30.3 Å². The summed E-state index contributed by atoms with van der Waals surface area (Å²) in [4.78, 5) is 4.21. The highest BCUT2D eigenvalue weighted by Crippen LogP contribution is 2.23. The number of nitrogens with two attached hydrogens (primary N) is 1. The van der Waals surface area contributed by atoms with E-state index in [4.69, 9.17) is 5.73 Å². The van der Waals surface area contributed by atoms with Crippen molar-refractivity contribution in [3.63, 3.8) is 0 Å². The molecule has 17 heavy (non-hydrogen) atoms. The molecule has 1 saturated carbocycles. The number of aromatic nitrogens is 3. The van der Waals surface area contributed by atoms with E-state index in [0.29, 0.717) is 24.5 Å². The molecule has 1 heterocycles. The topological polar surface area (TPSA) is 68.8 Å². The molecule has 3 rings (SSSR count). The molecular formula is C12H15N5. The third kappa shape index (κ3) is 2.38. The lowest BCUT2D eigenvalue weighted by molar-refractivity contribution is 0.697. The van der Waals surface area contributed by atoms with E-state index in [1.54, 1.807) is 4.68 Å². The van der Waals surface area contributed by atoms with Gasteiger partial charge in [0.2, 0.25) is 11.9 Å². The predicted octanol–water partition coefficient (Wildman–Crippen LogP) is 1.48. The van der Waals surface area contributed by atoms with Gasteiger partial charge in [-0.15, -0.1) is 5.10 Å². The number of nitrogens with one attached hydrogen (secondary N) is 1. The molecule has 0 saturated heterocycles. The molecule has 0 aliphatic heterocycles. The number of hydrogen-bond donors (Lipinski definition) is 2. The molecule has 1 aromatic heterocycles. The van der Waals surface area contributed by atoms with E-state index in [1.165, 1.54) is 18.4 Å². The fourth-order valence-corrected chi connectivity index (χ4v) is 1.70. The van der Waals surface area contributed by atoms with Crippen LogP contribution in [0.25, 0.3) is 0 Å². The summed E-state index contributed by atoms with van der Waals surface area (Å²) in [5.74, 6) is 1.10. The lowest BCUT2D eigenvalue weighted by Crippen LogP contribution is -2.07. The fraction of sp³-hybridized carbons (Fsp3) is 0.333. The van der Waals surface area contributed by atoms with Crippen molar-refractivity contribution in [1.82, 2.24) is 14.8 Å². The Morgan fingerprint density at radius 2 is 2.06 bits per heavy atom. The molecule has 0 atom stereocenters. The van der Waals surface area contributed by atoms with Gasteiger partial charge >= 0.3 is 0 Å². The summed E-state index contributed by atoms with van der Waals surface area (Å²) < 4.78 is 1.72. The molecule has 88 valence electrons. The summed E-state index contributed by atoms with van der Waals surface area (Å²) in [6.07, 6.45) is 2.40. The van der Waals surface area contributed by atoms with Crippen molar-refractivity contribution in [3.8, 4) is 0 Å². The van der Waals surface area contributed by atoms with Crippen LogP contribution in [0, 0.1) is 0 Å². The molecule has 5 nitrogen and oxygen atoms in total. The first kappa shape index (κ1) is 10.1. The van der Waals surface area contributed by atoms with Gasteiger partial charge in [-0.3, -0.25) is 0 Å². The minimum absolute atomic E-state index is 0.456. The minimum Gasteiger partial charge on any atom is -0.368 e. The van der Waals surface area contributed by atoms with Crippen LogP contribution in [0.5, 0.6) is 0 Å². The third-order valence-electron chi connectivity index (χ3n) is 2.79. The van der Waals surface area contributed by atoms with Crippen LogP contribution in [-0.4, -0.2) is 20.8 Å². The summed E-state index contributed by atoms with van der Waals surface area (Å²) in [6, 6.07) is 10.7. The average molecular weight is 229 g/mol. The second-order valence-corrected chi connectivity index (χ2v) is 4.36. The van der Waals surface area contributed by atoms with Crippen molar-refractivity contribution in [2.75, 3.05) is 11.1 Å². The SMILES string of the molecule is Nc1nc(NC2CC2)nn1Cc1ccccc1. The van der Waals surface area contributed by atoms with Crippen LogP contribution in [0.2, 0.25) is 0 Å². The molecule has 0 unspecified atom stereocenters. The molecule has 2 aromatic rings. The smallest absolute Gasteiger partial charge is 0.244 e. The minimum atomic E-state index is 0.456. The van der Waals surface area contributed by atoms with E-state index in [0.717, 1.165) is 0 Å². The molecule has 1 aliphatic carbocycles. The number of rotatable bonds is 4. The van der Waals surface area contributed by atoms with Gasteiger partial charge in [0.05, 0.1) is 6.54 Å².